The molecular formula is C12H24N2O. The minimum atomic E-state index is -0.334. The smallest absolute Gasteiger partial charge is 0.237 e. The van der Waals surface area contributed by atoms with Crippen LogP contribution < -0.4 is 11.1 Å². The van der Waals surface area contributed by atoms with Gasteiger partial charge in [0.1, 0.15) is 0 Å². The molecule has 3 nitrogen and oxygen atoms in total. The molecule has 1 fully saturated rings. The van der Waals surface area contributed by atoms with Crippen molar-refractivity contribution in [2.75, 3.05) is 0 Å². The van der Waals surface area contributed by atoms with Gasteiger partial charge < -0.3 is 11.1 Å². The molecule has 0 aliphatic heterocycles. The van der Waals surface area contributed by atoms with Gasteiger partial charge in [0.2, 0.25) is 5.91 Å². The number of nitrogens with two attached hydrogens (primary N) is 1. The Balaban J connectivity index is 2.36. The molecule has 0 spiro atoms. The summed E-state index contributed by atoms with van der Waals surface area (Å²) >= 11 is 0. The number of hydrogen-bond donors (Lipinski definition) is 2. The van der Waals surface area contributed by atoms with Gasteiger partial charge in [0.25, 0.3) is 0 Å². The standard InChI is InChI=1S/C12H24N2O/c1-4-11(13)12(15)14-10-6-5-8(2)9(3)7-10/h8-11H,4-7,13H2,1-3H3,(H,14,15). The number of amides is 1. The van der Waals surface area contributed by atoms with Crippen molar-refractivity contribution in [3.8, 4) is 0 Å². The van der Waals surface area contributed by atoms with Crippen LogP contribution in [-0.2, 0) is 4.79 Å². The number of carbonyl (C=O) groups excluding carboxylic acids is 1. The Bertz CT molecular complexity index is 218. The zero-order chi connectivity index (χ0) is 11.4. The first-order valence-electron chi connectivity index (χ1n) is 6.10. The molecule has 4 unspecified atom stereocenters. The largest absolute Gasteiger partial charge is 0.352 e. The Labute approximate surface area is 92.8 Å². The quantitative estimate of drug-likeness (QED) is 0.747. The number of nitrogens with one attached hydrogen (secondary N) is 1. The van der Waals surface area contributed by atoms with Gasteiger partial charge in [-0.25, -0.2) is 0 Å². The van der Waals surface area contributed by atoms with Gasteiger partial charge in [0.05, 0.1) is 6.04 Å². The van der Waals surface area contributed by atoms with Crippen molar-refractivity contribution in [2.24, 2.45) is 17.6 Å². The first-order chi connectivity index (χ1) is 7.04. The fraction of sp³-hybridized carbons (Fsp3) is 0.917. The molecule has 1 amide bonds. The number of rotatable bonds is 3. The molecule has 0 heterocycles. The van der Waals surface area contributed by atoms with E-state index in [1.807, 2.05) is 6.92 Å². The van der Waals surface area contributed by atoms with Gasteiger partial charge in [0, 0.05) is 6.04 Å². The van der Waals surface area contributed by atoms with Gasteiger partial charge in [-0.05, 0) is 37.5 Å². The Morgan fingerprint density at radius 1 is 1.40 bits per heavy atom. The van der Waals surface area contributed by atoms with Gasteiger partial charge in [0.15, 0.2) is 0 Å². The fourth-order valence-electron chi connectivity index (χ4n) is 2.17. The van der Waals surface area contributed by atoms with Crippen molar-refractivity contribution in [2.45, 2.75) is 58.5 Å². The molecule has 3 N–H and O–H groups in total. The van der Waals surface area contributed by atoms with E-state index in [-0.39, 0.29) is 11.9 Å². The normalized spacial score (nSPS) is 33.5. The molecule has 1 aliphatic rings. The van der Waals surface area contributed by atoms with Gasteiger partial charge in [-0.3, -0.25) is 4.79 Å². The van der Waals surface area contributed by atoms with Crippen LogP contribution in [0.15, 0.2) is 0 Å². The zero-order valence-electron chi connectivity index (χ0n) is 10.1. The summed E-state index contributed by atoms with van der Waals surface area (Å²) in [5.74, 6) is 1.52. The third-order valence-electron chi connectivity index (χ3n) is 3.72. The highest BCUT2D eigenvalue weighted by atomic mass is 16.2. The monoisotopic (exact) mass is 212 g/mol. The highest BCUT2D eigenvalue weighted by molar-refractivity contribution is 5.81. The molecule has 0 saturated heterocycles. The van der Waals surface area contributed by atoms with E-state index in [4.69, 9.17) is 5.73 Å². The summed E-state index contributed by atoms with van der Waals surface area (Å²) in [5.41, 5.74) is 5.68. The maximum absolute atomic E-state index is 11.6. The van der Waals surface area contributed by atoms with Crippen LogP contribution in [0.5, 0.6) is 0 Å². The average molecular weight is 212 g/mol. The molecule has 0 aromatic heterocycles. The molecule has 0 aromatic rings. The molecule has 4 atom stereocenters. The highest BCUT2D eigenvalue weighted by Crippen LogP contribution is 2.29. The van der Waals surface area contributed by atoms with E-state index in [1.165, 1.54) is 6.42 Å². The third-order valence-corrected chi connectivity index (χ3v) is 3.72. The minimum Gasteiger partial charge on any atom is -0.352 e. The van der Waals surface area contributed by atoms with Crippen LogP contribution in [0, 0.1) is 11.8 Å². The molecule has 0 bridgehead atoms. The molecule has 88 valence electrons. The Kier molecular flexibility index (Phi) is 4.58. The maximum atomic E-state index is 11.6. The summed E-state index contributed by atoms with van der Waals surface area (Å²) in [6, 6.07) is 0.0148. The van der Waals surface area contributed by atoms with Crippen LogP contribution in [0.3, 0.4) is 0 Å². The maximum Gasteiger partial charge on any atom is 0.237 e. The number of carbonyl (C=O) groups is 1. The van der Waals surface area contributed by atoms with Crippen LogP contribution in [0.25, 0.3) is 0 Å². The first kappa shape index (κ1) is 12.5. The topological polar surface area (TPSA) is 55.1 Å². The summed E-state index contributed by atoms with van der Waals surface area (Å²) < 4.78 is 0. The molecule has 0 aromatic carbocycles. The minimum absolute atomic E-state index is 0.0178. The Morgan fingerprint density at radius 2 is 2.07 bits per heavy atom. The molecule has 15 heavy (non-hydrogen) atoms. The highest BCUT2D eigenvalue weighted by Gasteiger charge is 2.26. The summed E-state index contributed by atoms with van der Waals surface area (Å²) in [6.07, 6.45) is 4.13. The van der Waals surface area contributed by atoms with E-state index in [0.29, 0.717) is 18.4 Å². The molecule has 3 heteroatoms. The summed E-state index contributed by atoms with van der Waals surface area (Å²) in [4.78, 5) is 11.6. The second kappa shape index (κ2) is 5.50. The van der Waals surface area contributed by atoms with E-state index in [0.717, 1.165) is 18.8 Å². The van der Waals surface area contributed by atoms with E-state index >= 15 is 0 Å². The van der Waals surface area contributed by atoms with E-state index in [2.05, 4.69) is 19.2 Å². The van der Waals surface area contributed by atoms with Crippen LogP contribution in [0.2, 0.25) is 0 Å². The van der Waals surface area contributed by atoms with E-state index < -0.39 is 0 Å². The predicted octanol–water partition coefficient (Wildman–Crippen LogP) is 1.66. The molecule has 0 radical (unpaired) electrons. The fourth-order valence-corrected chi connectivity index (χ4v) is 2.17. The van der Waals surface area contributed by atoms with Crippen LogP contribution in [-0.4, -0.2) is 18.0 Å². The van der Waals surface area contributed by atoms with Crippen LogP contribution in [0.4, 0.5) is 0 Å². The lowest BCUT2D eigenvalue weighted by molar-refractivity contribution is -0.123. The number of hydrogen-bond acceptors (Lipinski definition) is 2. The summed E-state index contributed by atoms with van der Waals surface area (Å²) in [7, 11) is 0. The van der Waals surface area contributed by atoms with Crippen LogP contribution in [0.1, 0.15) is 46.5 Å². The van der Waals surface area contributed by atoms with Gasteiger partial charge >= 0.3 is 0 Å². The van der Waals surface area contributed by atoms with E-state index in [9.17, 15) is 4.79 Å². The summed E-state index contributed by atoms with van der Waals surface area (Å²) in [5, 5.41) is 3.06. The Morgan fingerprint density at radius 3 is 2.60 bits per heavy atom. The second-order valence-electron chi connectivity index (χ2n) is 4.99. The molecule has 1 saturated carbocycles. The van der Waals surface area contributed by atoms with Gasteiger partial charge in [-0.15, -0.1) is 0 Å². The van der Waals surface area contributed by atoms with Crippen molar-refractivity contribution in [1.29, 1.82) is 0 Å². The zero-order valence-corrected chi connectivity index (χ0v) is 10.1. The van der Waals surface area contributed by atoms with Crippen molar-refractivity contribution < 1.29 is 4.79 Å². The first-order valence-corrected chi connectivity index (χ1v) is 6.10. The lowest BCUT2D eigenvalue weighted by atomic mass is 9.79. The molecule has 1 rings (SSSR count). The van der Waals surface area contributed by atoms with Crippen LogP contribution >= 0.6 is 0 Å². The van der Waals surface area contributed by atoms with E-state index in [1.54, 1.807) is 0 Å². The Hall–Kier alpha value is -0.570. The molecule has 1 aliphatic carbocycles. The van der Waals surface area contributed by atoms with Gasteiger partial charge in [-0.2, -0.15) is 0 Å². The SMILES string of the molecule is CCC(N)C(=O)NC1CCC(C)C(C)C1. The average Bonchev–Trinajstić information content (AvgIpc) is 2.22. The predicted molar refractivity (Wildman–Crippen MR) is 62.4 cm³/mol. The lowest BCUT2D eigenvalue weighted by Crippen LogP contribution is -2.47. The summed E-state index contributed by atoms with van der Waals surface area (Å²) in [6.45, 7) is 6.50. The van der Waals surface area contributed by atoms with Gasteiger partial charge in [-0.1, -0.05) is 20.8 Å². The van der Waals surface area contributed by atoms with Crippen molar-refractivity contribution >= 4 is 5.91 Å². The van der Waals surface area contributed by atoms with Crippen molar-refractivity contribution in [3.63, 3.8) is 0 Å². The second-order valence-corrected chi connectivity index (χ2v) is 4.99. The van der Waals surface area contributed by atoms with Crippen molar-refractivity contribution in [1.82, 2.24) is 5.32 Å². The van der Waals surface area contributed by atoms with Crippen molar-refractivity contribution in [3.05, 3.63) is 0 Å². The lowest BCUT2D eigenvalue weighted by Gasteiger charge is -2.33. The third kappa shape index (κ3) is 3.49. The molecular weight excluding hydrogens is 188 g/mol.